The molecular formula is C11H10N2O. The summed E-state index contributed by atoms with van der Waals surface area (Å²) < 4.78 is 1.81. The zero-order valence-corrected chi connectivity index (χ0v) is 7.66. The molecule has 1 aliphatic rings. The summed E-state index contributed by atoms with van der Waals surface area (Å²) in [5, 5.41) is 1.000. The predicted molar refractivity (Wildman–Crippen MR) is 56.3 cm³/mol. The van der Waals surface area contributed by atoms with E-state index in [1.165, 1.54) is 11.6 Å². The van der Waals surface area contributed by atoms with E-state index in [-0.39, 0.29) is 5.56 Å². The summed E-state index contributed by atoms with van der Waals surface area (Å²) in [6.07, 6.45) is 0.941. The summed E-state index contributed by atoms with van der Waals surface area (Å²) in [7, 11) is 0. The highest BCUT2D eigenvalue weighted by Crippen LogP contribution is 2.26. The summed E-state index contributed by atoms with van der Waals surface area (Å²) in [6, 6.07) is 7.53. The topological polar surface area (TPSA) is 48.0 Å². The molecule has 2 N–H and O–H groups in total. The minimum Gasteiger partial charge on any atom is -0.398 e. The van der Waals surface area contributed by atoms with Gasteiger partial charge in [-0.2, -0.15) is 0 Å². The van der Waals surface area contributed by atoms with Crippen molar-refractivity contribution >= 4 is 16.6 Å². The van der Waals surface area contributed by atoms with E-state index in [1.807, 2.05) is 12.1 Å². The van der Waals surface area contributed by atoms with Crippen molar-refractivity contribution in [2.75, 3.05) is 5.73 Å². The number of para-hydroxylation sites is 1. The Morgan fingerprint density at radius 1 is 1.36 bits per heavy atom. The van der Waals surface area contributed by atoms with Gasteiger partial charge in [-0.3, -0.25) is 4.79 Å². The van der Waals surface area contributed by atoms with Crippen molar-refractivity contribution in [1.29, 1.82) is 0 Å². The first-order chi connectivity index (χ1) is 6.77. The molecule has 0 radical (unpaired) electrons. The Labute approximate surface area is 80.8 Å². The van der Waals surface area contributed by atoms with Crippen LogP contribution < -0.4 is 11.3 Å². The van der Waals surface area contributed by atoms with Crippen LogP contribution in [-0.4, -0.2) is 4.57 Å². The highest BCUT2D eigenvalue weighted by Gasteiger charge is 2.15. The molecule has 3 nitrogen and oxygen atoms in total. The highest BCUT2D eigenvalue weighted by molar-refractivity contribution is 5.93. The molecule has 2 heterocycles. The van der Waals surface area contributed by atoms with Gasteiger partial charge in [0.05, 0.1) is 5.52 Å². The average molecular weight is 186 g/mol. The lowest BCUT2D eigenvalue weighted by molar-refractivity contribution is 0.742. The second-order valence-electron chi connectivity index (χ2n) is 3.65. The third-order valence-electron chi connectivity index (χ3n) is 2.85. The summed E-state index contributed by atoms with van der Waals surface area (Å²) in [6.45, 7) is 0.787. The minimum atomic E-state index is 0.0138. The Hall–Kier alpha value is -1.77. The molecule has 0 fully saturated rings. The van der Waals surface area contributed by atoms with Gasteiger partial charge in [0.15, 0.2) is 0 Å². The van der Waals surface area contributed by atoms with Crippen molar-refractivity contribution in [2.45, 2.75) is 13.0 Å². The molecule has 3 heteroatoms. The molecular weight excluding hydrogens is 176 g/mol. The molecule has 0 atom stereocenters. The lowest BCUT2D eigenvalue weighted by Crippen LogP contribution is -2.17. The van der Waals surface area contributed by atoms with Crippen LogP contribution >= 0.6 is 0 Å². The van der Waals surface area contributed by atoms with Gasteiger partial charge < -0.3 is 10.3 Å². The molecule has 1 aromatic heterocycles. The second-order valence-corrected chi connectivity index (χ2v) is 3.65. The van der Waals surface area contributed by atoms with Crippen LogP contribution in [0.15, 0.2) is 29.1 Å². The third kappa shape index (κ3) is 0.789. The first-order valence-electron chi connectivity index (χ1n) is 4.68. The van der Waals surface area contributed by atoms with Gasteiger partial charge >= 0.3 is 0 Å². The number of rotatable bonds is 0. The number of nitrogen functional groups attached to an aromatic ring is 1. The van der Waals surface area contributed by atoms with Gasteiger partial charge in [0.2, 0.25) is 0 Å². The maximum absolute atomic E-state index is 11.6. The number of benzene rings is 1. The smallest absolute Gasteiger partial charge is 0.253 e. The van der Waals surface area contributed by atoms with Crippen LogP contribution in [0.25, 0.3) is 10.9 Å². The zero-order chi connectivity index (χ0) is 9.71. The highest BCUT2D eigenvalue weighted by atomic mass is 16.1. The van der Waals surface area contributed by atoms with Gasteiger partial charge in [-0.25, -0.2) is 0 Å². The third-order valence-corrected chi connectivity index (χ3v) is 2.85. The van der Waals surface area contributed by atoms with Crippen LogP contribution in [0, 0.1) is 0 Å². The van der Waals surface area contributed by atoms with Crippen LogP contribution in [0.3, 0.4) is 0 Å². The summed E-state index contributed by atoms with van der Waals surface area (Å²) in [4.78, 5) is 11.6. The first-order valence-corrected chi connectivity index (χ1v) is 4.68. The number of aryl methyl sites for hydroxylation is 2. The van der Waals surface area contributed by atoms with Crippen molar-refractivity contribution < 1.29 is 0 Å². The molecule has 0 aliphatic carbocycles. The van der Waals surface area contributed by atoms with Gasteiger partial charge in [-0.15, -0.1) is 0 Å². The van der Waals surface area contributed by atoms with Crippen LogP contribution in [0.5, 0.6) is 0 Å². The number of anilines is 1. The van der Waals surface area contributed by atoms with E-state index in [0.717, 1.165) is 23.9 Å². The molecule has 70 valence electrons. The molecule has 14 heavy (non-hydrogen) atoms. The molecule has 0 bridgehead atoms. The van der Waals surface area contributed by atoms with E-state index in [4.69, 9.17) is 5.73 Å². The number of aromatic nitrogens is 1. The second kappa shape index (κ2) is 2.38. The van der Waals surface area contributed by atoms with E-state index in [1.54, 1.807) is 4.57 Å². The van der Waals surface area contributed by atoms with Gasteiger partial charge in [-0.1, -0.05) is 18.2 Å². The fraction of sp³-hybridized carbons (Fsp3) is 0.182. The maximum Gasteiger partial charge on any atom is 0.253 e. The zero-order valence-electron chi connectivity index (χ0n) is 7.66. The van der Waals surface area contributed by atoms with Crippen molar-refractivity contribution in [1.82, 2.24) is 4.57 Å². The average Bonchev–Trinajstić information content (AvgIpc) is 2.59. The standard InChI is InChI=1S/C11H10N2O/c12-9-6-10(14)13-5-4-7-2-1-3-8(9)11(7)13/h1-3,6H,4-5,12H2. The van der Waals surface area contributed by atoms with Crippen molar-refractivity contribution in [3.8, 4) is 0 Å². The molecule has 1 aromatic carbocycles. The first kappa shape index (κ1) is 7.62. The predicted octanol–water partition coefficient (Wildman–Crippen LogP) is 1.14. The Balaban J connectivity index is 2.65. The molecule has 0 spiro atoms. The van der Waals surface area contributed by atoms with Gasteiger partial charge in [0.1, 0.15) is 0 Å². The Morgan fingerprint density at radius 3 is 3.07 bits per heavy atom. The molecule has 0 saturated heterocycles. The summed E-state index contributed by atoms with van der Waals surface area (Å²) >= 11 is 0. The molecule has 3 rings (SSSR count). The Morgan fingerprint density at radius 2 is 2.21 bits per heavy atom. The van der Waals surface area contributed by atoms with Crippen LogP contribution in [-0.2, 0) is 13.0 Å². The van der Waals surface area contributed by atoms with E-state index in [9.17, 15) is 4.79 Å². The van der Waals surface area contributed by atoms with Crippen LogP contribution in [0.4, 0.5) is 5.69 Å². The van der Waals surface area contributed by atoms with Gasteiger partial charge in [0.25, 0.3) is 5.56 Å². The molecule has 2 aromatic rings. The number of hydrogen-bond acceptors (Lipinski definition) is 2. The summed E-state index contributed by atoms with van der Waals surface area (Å²) in [5.41, 5.74) is 8.67. The molecule has 0 amide bonds. The van der Waals surface area contributed by atoms with E-state index < -0.39 is 0 Å². The lowest BCUT2D eigenvalue weighted by Gasteiger charge is -2.05. The number of pyridine rings is 1. The largest absolute Gasteiger partial charge is 0.398 e. The summed E-state index contributed by atoms with van der Waals surface area (Å²) in [5.74, 6) is 0. The lowest BCUT2D eigenvalue weighted by atomic mass is 10.1. The fourth-order valence-electron chi connectivity index (χ4n) is 2.20. The van der Waals surface area contributed by atoms with Crippen molar-refractivity contribution in [2.24, 2.45) is 0 Å². The SMILES string of the molecule is Nc1cc(=O)n2c3c(cccc13)CC2. The quantitative estimate of drug-likeness (QED) is 0.670. The number of nitrogens with two attached hydrogens (primary N) is 1. The fourth-order valence-corrected chi connectivity index (χ4v) is 2.20. The normalized spacial score (nSPS) is 13.7. The van der Waals surface area contributed by atoms with Crippen molar-refractivity contribution in [3.63, 3.8) is 0 Å². The Kier molecular flexibility index (Phi) is 1.29. The van der Waals surface area contributed by atoms with E-state index in [0.29, 0.717) is 5.69 Å². The van der Waals surface area contributed by atoms with Crippen molar-refractivity contribution in [3.05, 3.63) is 40.2 Å². The van der Waals surface area contributed by atoms with Crippen LogP contribution in [0.1, 0.15) is 5.56 Å². The van der Waals surface area contributed by atoms with E-state index >= 15 is 0 Å². The maximum atomic E-state index is 11.6. The minimum absolute atomic E-state index is 0.0138. The monoisotopic (exact) mass is 186 g/mol. The van der Waals surface area contributed by atoms with Gasteiger partial charge in [0, 0.05) is 23.7 Å². The number of nitrogens with zero attached hydrogens (tertiary/aromatic N) is 1. The van der Waals surface area contributed by atoms with Crippen LogP contribution in [0.2, 0.25) is 0 Å². The molecule has 0 saturated carbocycles. The molecule has 1 aliphatic heterocycles. The van der Waals surface area contributed by atoms with Gasteiger partial charge in [-0.05, 0) is 12.0 Å². The van der Waals surface area contributed by atoms with E-state index in [2.05, 4.69) is 6.07 Å². The number of hydrogen-bond donors (Lipinski definition) is 1. The Bertz CT molecular complexity index is 584. The molecule has 0 unspecified atom stereocenters.